The molecule has 0 atom stereocenters. The second-order valence-corrected chi connectivity index (χ2v) is 8.38. The molecule has 2 heterocycles. The standard InChI is InChI=1S/C26H28FN5O4/c1-36-24-7-3-2-6-22(24)30-15-12-29(13-16-30)14-17-31(25-8-4-5-11-28-25)26(33)20-9-10-21(19-27)23(18-20)32(34)35/h2-11,18H,12-17,19H2,1H3. The van der Waals surface area contributed by atoms with Crippen molar-refractivity contribution in [2.75, 3.05) is 56.2 Å². The number of ether oxygens (including phenoxy) is 1. The van der Waals surface area contributed by atoms with Crippen LogP contribution in [0.1, 0.15) is 15.9 Å². The number of hydrogen-bond donors (Lipinski definition) is 0. The molecule has 0 radical (unpaired) electrons. The molecular weight excluding hydrogens is 465 g/mol. The van der Waals surface area contributed by atoms with E-state index in [9.17, 15) is 19.3 Å². The zero-order valence-corrected chi connectivity index (χ0v) is 20.0. The number of amides is 1. The van der Waals surface area contributed by atoms with Crippen LogP contribution in [0.2, 0.25) is 0 Å². The Morgan fingerprint density at radius 3 is 2.53 bits per heavy atom. The Morgan fingerprint density at radius 1 is 1.11 bits per heavy atom. The first kappa shape index (κ1) is 25.1. The fourth-order valence-electron chi connectivity index (χ4n) is 4.31. The minimum absolute atomic E-state index is 0.0612. The van der Waals surface area contributed by atoms with Crippen molar-refractivity contribution >= 4 is 23.1 Å². The molecule has 0 spiro atoms. The van der Waals surface area contributed by atoms with Gasteiger partial charge in [-0.2, -0.15) is 0 Å². The van der Waals surface area contributed by atoms with Crippen molar-refractivity contribution in [1.29, 1.82) is 0 Å². The minimum Gasteiger partial charge on any atom is -0.495 e. The molecule has 1 fully saturated rings. The van der Waals surface area contributed by atoms with Gasteiger partial charge in [0.2, 0.25) is 0 Å². The molecule has 3 aromatic rings. The van der Waals surface area contributed by atoms with Gasteiger partial charge in [0.25, 0.3) is 11.6 Å². The molecule has 2 aromatic carbocycles. The molecule has 0 N–H and O–H groups in total. The third-order valence-electron chi connectivity index (χ3n) is 6.28. The number of nitrogens with zero attached hydrogens (tertiary/aromatic N) is 5. The Labute approximate surface area is 208 Å². The molecule has 188 valence electrons. The van der Waals surface area contributed by atoms with Gasteiger partial charge in [0.1, 0.15) is 18.2 Å². The predicted molar refractivity (Wildman–Crippen MR) is 135 cm³/mol. The summed E-state index contributed by atoms with van der Waals surface area (Å²) in [4.78, 5) is 34.5. The van der Waals surface area contributed by atoms with Gasteiger partial charge in [-0.25, -0.2) is 9.37 Å². The zero-order valence-electron chi connectivity index (χ0n) is 20.0. The van der Waals surface area contributed by atoms with E-state index in [1.807, 2.05) is 24.3 Å². The maximum Gasteiger partial charge on any atom is 0.276 e. The molecule has 0 saturated carbocycles. The molecule has 0 unspecified atom stereocenters. The molecule has 10 heteroatoms. The van der Waals surface area contributed by atoms with Crippen LogP contribution in [0.5, 0.6) is 5.75 Å². The number of carbonyl (C=O) groups is 1. The summed E-state index contributed by atoms with van der Waals surface area (Å²) in [5, 5.41) is 11.4. The van der Waals surface area contributed by atoms with Gasteiger partial charge in [-0.15, -0.1) is 0 Å². The van der Waals surface area contributed by atoms with Crippen LogP contribution in [0.3, 0.4) is 0 Å². The Kier molecular flexibility index (Phi) is 8.06. The normalized spacial score (nSPS) is 13.9. The second kappa shape index (κ2) is 11.6. The highest BCUT2D eigenvalue weighted by Gasteiger charge is 2.25. The topological polar surface area (TPSA) is 92.0 Å². The van der Waals surface area contributed by atoms with Crippen molar-refractivity contribution in [3.05, 3.63) is 88.1 Å². The summed E-state index contributed by atoms with van der Waals surface area (Å²) < 4.78 is 18.7. The fraction of sp³-hybridized carbons (Fsp3) is 0.308. The molecule has 1 aromatic heterocycles. The van der Waals surface area contributed by atoms with E-state index in [4.69, 9.17) is 4.74 Å². The lowest BCUT2D eigenvalue weighted by Gasteiger charge is -2.37. The van der Waals surface area contributed by atoms with Crippen LogP contribution in [0, 0.1) is 10.1 Å². The van der Waals surface area contributed by atoms with Crippen LogP contribution in [-0.2, 0) is 6.67 Å². The monoisotopic (exact) mass is 493 g/mol. The molecular formula is C26H28FN5O4. The van der Waals surface area contributed by atoms with E-state index < -0.39 is 23.2 Å². The average Bonchev–Trinajstić information content (AvgIpc) is 2.93. The fourth-order valence-corrected chi connectivity index (χ4v) is 4.31. The summed E-state index contributed by atoms with van der Waals surface area (Å²) >= 11 is 0. The van der Waals surface area contributed by atoms with Gasteiger partial charge in [0.05, 0.1) is 23.3 Å². The molecule has 1 amide bonds. The molecule has 0 aliphatic carbocycles. The number of hydrogen-bond acceptors (Lipinski definition) is 7. The number of nitro benzene ring substituents is 1. The second-order valence-electron chi connectivity index (χ2n) is 8.38. The van der Waals surface area contributed by atoms with Crippen molar-refractivity contribution in [2.24, 2.45) is 0 Å². The zero-order chi connectivity index (χ0) is 25.5. The number of carbonyl (C=O) groups excluding carboxylic acids is 1. The lowest BCUT2D eigenvalue weighted by atomic mass is 10.1. The summed E-state index contributed by atoms with van der Waals surface area (Å²) in [7, 11) is 1.66. The number of pyridine rings is 1. The highest BCUT2D eigenvalue weighted by molar-refractivity contribution is 6.06. The van der Waals surface area contributed by atoms with Gasteiger partial charge in [-0.1, -0.05) is 18.2 Å². The average molecular weight is 494 g/mol. The lowest BCUT2D eigenvalue weighted by Crippen LogP contribution is -2.49. The number of benzene rings is 2. The van der Waals surface area contributed by atoms with E-state index in [0.29, 0.717) is 18.9 Å². The summed E-state index contributed by atoms with van der Waals surface area (Å²) in [6.45, 7) is 3.22. The van der Waals surface area contributed by atoms with Crippen LogP contribution in [0.15, 0.2) is 66.9 Å². The van der Waals surface area contributed by atoms with E-state index in [0.717, 1.165) is 43.7 Å². The van der Waals surface area contributed by atoms with Gasteiger partial charge in [-0.3, -0.25) is 24.7 Å². The minimum atomic E-state index is -0.977. The summed E-state index contributed by atoms with van der Waals surface area (Å²) in [6.07, 6.45) is 1.59. The Morgan fingerprint density at radius 2 is 1.86 bits per heavy atom. The highest BCUT2D eigenvalue weighted by atomic mass is 19.1. The first-order chi connectivity index (χ1) is 17.5. The Balaban J connectivity index is 1.46. The SMILES string of the molecule is COc1ccccc1N1CCN(CCN(C(=O)c2ccc(CF)c([N+](=O)[O-])c2)c2ccccn2)CC1. The quantitative estimate of drug-likeness (QED) is 0.329. The number of halogens is 1. The van der Waals surface area contributed by atoms with Gasteiger partial charge in [-0.05, 0) is 36.4 Å². The smallest absolute Gasteiger partial charge is 0.276 e. The van der Waals surface area contributed by atoms with Crippen LogP contribution >= 0.6 is 0 Å². The van der Waals surface area contributed by atoms with E-state index in [1.54, 1.807) is 31.5 Å². The first-order valence-corrected chi connectivity index (χ1v) is 11.7. The number of nitro groups is 1. The van der Waals surface area contributed by atoms with E-state index in [2.05, 4.69) is 14.8 Å². The molecule has 36 heavy (non-hydrogen) atoms. The molecule has 0 bridgehead atoms. The van der Waals surface area contributed by atoms with Crippen molar-refractivity contribution in [3.8, 4) is 5.75 Å². The molecule has 1 aliphatic rings. The summed E-state index contributed by atoms with van der Waals surface area (Å²) in [5.74, 6) is 0.869. The van der Waals surface area contributed by atoms with Crippen molar-refractivity contribution < 1.29 is 18.8 Å². The summed E-state index contributed by atoms with van der Waals surface area (Å²) in [5.41, 5.74) is 0.708. The van der Waals surface area contributed by atoms with E-state index in [1.165, 1.54) is 17.0 Å². The largest absolute Gasteiger partial charge is 0.495 e. The molecule has 1 aliphatic heterocycles. The van der Waals surface area contributed by atoms with Gasteiger partial charge in [0, 0.05) is 57.1 Å². The number of para-hydroxylation sites is 2. The number of aromatic nitrogens is 1. The van der Waals surface area contributed by atoms with Gasteiger partial charge in [0.15, 0.2) is 0 Å². The first-order valence-electron chi connectivity index (χ1n) is 11.7. The van der Waals surface area contributed by atoms with E-state index >= 15 is 0 Å². The van der Waals surface area contributed by atoms with Crippen LogP contribution in [0.25, 0.3) is 0 Å². The maximum absolute atomic E-state index is 13.4. The van der Waals surface area contributed by atoms with Crippen molar-refractivity contribution in [1.82, 2.24) is 9.88 Å². The number of anilines is 2. The lowest BCUT2D eigenvalue weighted by molar-refractivity contribution is -0.385. The molecule has 1 saturated heterocycles. The van der Waals surface area contributed by atoms with Crippen molar-refractivity contribution in [3.63, 3.8) is 0 Å². The number of piperazine rings is 1. The Bertz CT molecular complexity index is 1200. The van der Waals surface area contributed by atoms with Gasteiger partial charge < -0.3 is 9.64 Å². The number of rotatable bonds is 9. The third kappa shape index (κ3) is 5.60. The third-order valence-corrected chi connectivity index (χ3v) is 6.28. The van der Waals surface area contributed by atoms with Crippen LogP contribution in [-0.4, -0.2) is 67.1 Å². The predicted octanol–water partition coefficient (Wildman–Crippen LogP) is 3.94. The Hall–Kier alpha value is -4.05. The van der Waals surface area contributed by atoms with Crippen LogP contribution in [0.4, 0.5) is 21.6 Å². The molecule has 4 rings (SSSR count). The van der Waals surface area contributed by atoms with Gasteiger partial charge >= 0.3 is 0 Å². The number of methoxy groups -OCH3 is 1. The number of alkyl halides is 1. The molecule has 9 nitrogen and oxygen atoms in total. The maximum atomic E-state index is 13.4. The van der Waals surface area contributed by atoms with Crippen molar-refractivity contribution in [2.45, 2.75) is 6.67 Å². The van der Waals surface area contributed by atoms with Crippen LogP contribution < -0.4 is 14.5 Å². The van der Waals surface area contributed by atoms with E-state index in [-0.39, 0.29) is 11.1 Å². The summed E-state index contributed by atoms with van der Waals surface area (Å²) in [6, 6.07) is 17.0. The highest BCUT2D eigenvalue weighted by Crippen LogP contribution is 2.28.